The molecule has 0 saturated carbocycles. The van der Waals surface area contributed by atoms with E-state index in [0.29, 0.717) is 0 Å². The summed E-state index contributed by atoms with van der Waals surface area (Å²) in [6.07, 6.45) is 0.377. The zero-order valence-corrected chi connectivity index (χ0v) is 13.0. The number of H-pyrrole nitrogens is 1. The van der Waals surface area contributed by atoms with E-state index in [1.54, 1.807) is 0 Å². The summed E-state index contributed by atoms with van der Waals surface area (Å²) < 4.78 is 0. The van der Waals surface area contributed by atoms with Gasteiger partial charge in [0.1, 0.15) is 6.04 Å². The van der Waals surface area contributed by atoms with Crippen molar-refractivity contribution in [2.24, 2.45) is 0 Å². The molecule has 1 heterocycles. The van der Waals surface area contributed by atoms with E-state index < -0.39 is 12.0 Å². The lowest BCUT2D eigenvalue weighted by molar-refractivity contribution is -0.141. The molecule has 0 aliphatic rings. The number of amides is 1. The third kappa shape index (κ3) is 3.81. The Bertz CT molecular complexity index is 822. The zero-order valence-electron chi connectivity index (χ0n) is 13.0. The number of para-hydroxylation sites is 1. The Morgan fingerprint density at radius 2 is 1.75 bits per heavy atom. The number of aromatic nitrogens is 1. The van der Waals surface area contributed by atoms with Gasteiger partial charge in [0.25, 0.3) is 0 Å². The molecule has 3 rings (SSSR count). The number of carbonyl (C=O) groups is 2. The lowest BCUT2D eigenvalue weighted by Crippen LogP contribution is -2.43. The number of benzene rings is 2. The van der Waals surface area contributed by atoms with Crippen molar-refractivity contribution in [3.8, 4) is 0 Å². The SMILES string of the molecule is O=C(Cc1cc2ccccc2[nH]1)N[C@@H](Cc1ccccc1)C(=O)O. The Kier molecular flexibility index (Phi) is 4.61. The summed E-state index contributed by atoms with van der Waals surface area (Å²) in [5.41, 5.74) is 2.59. The zero-order chi connectivity index (χ0) is 16.9. The second kappa shape index (κ2) is 7.00. The first-order valence-electron chi connectivity index (χ1n) is 7.74. The van der Waals surface area contributed by atoms with Crippen LogP contribution < -0.4 is 5.32 Å². The largest absolute Gasteiger partial charge is 0.480 e. The number of carboxylic acid groups (broad SMARTS) is 1. The summed E-state index contributed by atoms with van der Waals surface area (Å²) in [6, 6.07) is 18.0. The smallest absolute Gasteiger partial charge is 0.326 e. The Labute approximate surface area is 139 Å². The molecule has 24 heavy (non-hydrogen) atoms. The summed E-state index contributed by atoms with van der Waals surface area (Å²) in [7, 11) is 0. The highest BCUT2D eigenvalue weighted by Crippen LogP contribution is 2.15. The lowest BCUT2D eigenvalue weighted by atomic mass is 10.1. The van der Waals surface area contributed by atoms with Crippen LogP contribution in [-0.4, -0.2) is 28.0 Å². The second-order valence-electron chi connectivity index (χ2n) is 5.71. The molecule has 3 N–H and O–H groups in total. The molecule has 0 bridgehead atoms. The number of aliphatic carboxylic acids is 1. The van der Waals surface area contributed by atoms with Crippen molar-refractivity contribution >= 4 is 22.8 Å². The Morgan fingerprint density at radius 1 is 1.04 bits per heavy atom. The van der Waals surface area contributed by atoms with E-state index in [2.05, 4.69) is 10.3 Å². The van der Waals surface area contributed by atoms with Gasteiger partial charge in [-0.25, -0.2) is 4.79 Å². The Hall–Kier alpha value is -3.08. The summed E-state index contributed by atoms with van der Waals surface area (Å²) in [5, 5.41) is 13.0. The van der Waals surface area contributed by atoms with E-state index in [1.807, 2.05) is 60.7 Å². The van der Waals surface area contributed by atoms with Crippen LogP contribution in [0.3, 0.4) is 0 Å². The molecule has 0 unspecified atom stereocenters. The number of carboxylic acids is 1. The number of hydrogen-bond acceptors (Lipinski definition) is 2. The minimum atomic E-state index is -1.04. The quantitative estimate of drug-likeness (QED) is 0.652. The maximum atomic E-state index is 12.2. The molecule has 1 amide bonds. The average molecular weight is 322 g/mol. The van der Waals surface area contributed by atoms with Crippen molar-refractivity contribution in [3.05, 3.63) is 71.9 Å². The average Bonchev–Trinajstić information content (AvgIpc) is 2.97. The molecule has 2 aromatic carbocycles. The van der Waals surface area contributed by atoms with E-state index in [-0.39, 0.29) is 18.7 Å². The maximum absolute atomic E-state index is 12.2. The van der Waals surface area contributed by atoms with Gasteiger partial charge in [-0.15, -0.1) is 0 Å². The maximum Gasteiger partial charge on any atom is 0.326 e. The monoisotopic (exact) mass is 322 g/mol. The molecule has 122 valence electrons. The van der Waals surface area contributed by atoms with E-state index >= 15 is 0 Å². The Morgan fingerprint density at radius 3 is 2.46 bits per heavy atom. The number of hydrogen-bond donors (Lipinski definition) is 3. The minimum absolute atomic E-state index is 0.118. The molecule has 3 aromatic rings. The van der Waals surface area contributed by atoms with Gasteiger partial charge in [0.2, 0.25) is 5.91 Å². The summed E-state index contributed by atoms with van der Waals surface area (Å²) in [4.78, 5) is 26.8. The first-order valence-corrected chi connectivity index (χ1v) is 7.74. The van der Waals surface area contributed by atoms with Crippen LogP contribution in [0.15, 0.2) is 60.7 Å². The van der Waals surface area contributed by atoms with Gasteiger partial charge in [0.15, 0.2) is 0 Å². The van der Waals surface area contributed by atoms with Crippen molar-refractivity contribution in [1.29, 1.82) is 0 Å². The van der Waals surface area contributed by atoms with E-state index in [0.717, 1.165) is 22.2 Å². The molecular weight excluding hydrogens is 304 g/mol. The molecule has 1 atom stereocenters. The van der Waals surface area contributed by atoms with Gasteiger partial charge in [-0.05, 0) is 23.1 Å². The molecule has 5 nitrogen and oxygen atoms in total. The minimum Gasteiger partial charge on any atom is -0.480 e. The van der Waals surface area contributed by atoms with Gasteiger partial charge >= 0.3 is 5.97 Å². The fourth-order valence-electron chi connectivity index (χ4n) is 2.70. The fraction of sp³-hybridized carbons (Fsp3) is 0.158. The summed E-state index contributed by atoms with van der Waals surface area (Å²) in [6.45, 7) is 0. The standard InChI is InChI=1S/C19H18N2O3/c22-18(12-15-11-14-8-4-5-9-16(14)20-15)21-17(19(23)24)10-13-6-2-1-3-7-13/h1-9,11,17,20H,10,12H2,(H,21,22)(H,23,24)/t17-/m0/s1. The van der Waals surface area contributed by atoms with Crippen LogP contribution in [0.25, 0.3) is 10.9 Å². The van der Waals surface area contributed by atoms with Crippen molar-refractivity contribution in [2.45, 2.75) is 18.9 Å². The van der Waals surface area contributed by atoms with Crippen LogP contribution in [-0.2, 0) is 22.4 Å². The van der Waals surface area contributed by atoms with Crippen molar-refractivity contribution in [2.75, 3.05) is 0 Å². The van der Waals surface area contributed by atoms with Gasteiger partial charge in [-0.3, -0.25) is 4.79 Å². The number of aromatic amines is 1. The van der Waals surface area contributed by atoms with Crippen LogP contribution in [0.2, 0.25) is 0 Å². The summed E-state index contributed by atoms with van der Waals surface area (Å²) >= 11 is 0. The molecule has 0 aliphatic heterocycles. The lowest BCUT2D eigenvalue weighted by Gasteiger charge is -2.14. The third-order valence-corrected chi connectivity index (χ3v) is 3.85. The summed E-state index contributed by atoms with van der Waals surface area (Å²) in [5.74, 6) is -1.35. The van der Waals surface area contributed by atoms with Crippen LogP contribution in [0.5, 0.6) is 0 Å². The van der Waals surface area contributed by atoms with Crippen LogP contribution in [0.1, 0.15) is 11.3 Å². The number of carbonyl (C=O) groups excluding carboxylic acids is 1. The first-order chi connectivity index (χ1) is 11.6. The predicted molar refractivity (Wildman–Crippen MR) is 91.7 cm³/mol. The molecule has 0 aliphatic carbocycles. The van der Waals surface area contributed by atoms with E-state index in [1.165, 1.54) is 0 Å². The van der Waals surface area contributed by atoms with Gasteiger partial charge in [-0.1, -0.05) is 48.5 Å². The van der Waals surface area contributed by atoms with Crippen molar-refractivity contribution in [1.82, 2.24) is 10.3 Å². The highest BCUT2D eigenvalue weighted by atomic mass is 16.4. The van der Waals surface area contributed by atoms with Crippen LogP contribution >= 0.6 is 0 Å². The fourth-order valence-corrected chi connectivity index (χ4v) is 2.70. The second-order valence-corrected chi connectivity index (χ2v) is 5.71. The number of rotatable bonds is 6. The molecular formula is C19H18N2O3. The molecule has 0 fully saturated rings. The van der Waals surface area contributed by atoms with Crippen molar-refractivity contribution < 1.29 is 14.7 Å². The van der Waals surface area contributed by atoms with Crippen molar-refractivity contribution in [3.63, 3.8) is 0 Å². The van der Waals surface area contributed by atoms with Crippen LogP contribution in [0.4, 0.5) is 0 Å². The molecule has 1 aromatic heterocycles. The molecule has 0 radical (unpaired) electrons. The molecule has 5 heteroatoms. The topological polar surface area (TPSA) is 82.2 Å². The Balaban J connectivity index is 1.66. The first kappa shape index (κ1) is 15.8. The molecule has 0 spiro atoms. The predicted octanol–water partition coefficient (Wildman–Crippen LogP) is 2.52. The highest BCUT2D eigenvalue weighted by Gasteiger charge is 2.20. The van der Waals surface area contributed by atoms with Gasteiger partial charge in [0, 0.05) is 17.6 Å². The van der Waals surface area contributed by atoms with Gasteiger partial charge in [0.05, 0.1) is 6.42 Å². The normalized spacial score (nSPS) is 12.0. The van der Waals surface area contributed by atoms with E-state index in [4.69, 9.17) is 0 Å². The van der Waals surface area contributed by atoms with Crippen LogP contribution in [0, 0.1) is 0 Å². The van der Waals surface area contributed by atoms with Gasteiger partial charge in [-0.2, -0.15) is 0 Å². The highest BCUT2D eigenvalue weighted by molar-refractivity contribution is 5.87. The van der Waals surface area contributed by atoms with E-state index in [9.17, 15) is 14.7 Å². The third-order valence-electron chi connectivity index (χ3n) is 3.85. The number of fused-ring (bicyclic) bond motifs is 1. The van der Waals surface area contributed by atoms with Gasteiger partial charge < -0.3 is 15.4 Å². The molecule has 0 saturated heterocycles. The number of nitrogens with one attached hydrogen (secondary N) is 2.